The highest BCUT2D eigenvalue weighted by Gasteiger charge is 2.24. The van der Waals surface area contributed by atoms with Crippen LogP contribution in [0, 0.1) is 0 Å². The van der Waals surface area contributed by atoms with Crippen LogP contribution in [0.15, 0.2) is 60.7 Å². The van der Waals surface area contributed by atoms with Gasteiger partial charge in [0, 0.05) is 16.9 Å². The Kier molecular flexibility index (Phi) is 4.33. The molecule has 0 saturated carbocycles. The van der Waals surface area contributed by atoms with Crippen LogP contribution in [0.3, 0.4) is 0 Å². The third-order valence-corrected chi connectivity index (χ3v) is 4.02. The summed E-state index contributed by atoms with van der Waals surface area (Å²) in [6.07, 6.45) is 0. The van der Waals surface area contributed by atoms with Gasteiger partial charge in [-0.05, 0) is 47.0 Å². The van der Waals surface area contributed by atoms with Crippen LogP contribution in [0.2, 0.25) is 0 Å². The lowest BCUT2D eigenvalue weighted by atomic mass is 9.88. The van der Waals surface area contributed by atoms with Gasteiger partial charge in [0.1, 0.15) is 0 Å². The highest BCUT2D eigenvalue weighted by Crippen LogP contribution is 2.36. The summed E-state index contributed by atoms with van der Waals surface area (Å²) in [5.74, 6) is -2.45. The smallest absolute Gasteiger partial charge is 0.336 e. The zero-order valence-electron chi connectivity index (χ0n) is 13.6. The number of hydrogen-bond acceptors (Lipinski definition) is 4. The standard InChI is InChI=1S/C20H16N2O4/c21-13-5-1-3-11(9-13)15-7-8-16(19(23)24)17(18(15)20(25)26)12-4-2-6-14(22)10-12/h1-10H,21-22H2,(H,23,24)(H,25,26). The lowest BCUT2D eigenvalue weighted by Gasteiger charge is -2.16. The molecule has 26 heavy (non-hydrogen) atoms. The van der Waals surface area contributed by atoms with Crippen molar-refractivity contribution in [3.8, 4) is 22.3 Å². The molecule has 0 unspecified atom stereocenters. The Bertz CT molecular complexity index is 1030. The number of carboxylic acids is 2. The highest BCUT2D eigenvalue weighted by molar-refractivity contribution is 6.09. The van der Waals surface area contributed by atoms with Gasteiger partial charge in [-0.1, -0.05) is 30.3 Å². The van der Waals surface area contributed by atoms with E-state index < -0.39 is 11.9 Å². The second-order valence-corrected chi connectivity index (χ2v) is 5.77. The maximum atomic E-state index is 12.1. The van der Waals surface area contributed by atoms with Crippen LogP contribution in [-0.2, 0) is 0 Å². The summed E-state index contributed by atoms with van der Waals surface area (Å²) < 4.78 is 0. The molecule has 6 N–H and O–H groups in total. The van der Waals surface area contributed by atoms with Gasteiger partial charge in [-0.2, -0.15) is 0 Å². The van der Waals surface area contributed by atoms with Gasteiger partial charge in [0.2, 0.25) is 0 Å². The van der Waals surface area contributed by atoms with E-state index in [0.717, 1.165) is 0 Å². The molecule has 0 radical (unpaired) electrons. The molecule has 0 atom stereocenters. The molecule has 0 spiro atoms. The molecule has 0 saturated heterocycles. The number of aromatic carboxylic acids is 2. The Morgan fingerprint density at radius 2 is 1.31 bits per heavy atom. The minimum absolute atomic E-state index is 0.109. The van der Waals surface area contributed by atoms with E-state index in [1.165, 1.54) is 12.1 Å². The number of rotatable bonds is 4. The highest BCUT2D eigenvalue weighted by atomic mass is 16.4. The van der Waals surface area contributed by atoms with Crippen LogP contribution in [0.1, 0.15) is 20.7 Å². The summed E-state index contributed by atoms with van der Waals surface area (Å²) in [6.45, 7) is 0. The fourth-order valence-electron chi connectivity index (χ4n) is 2.94. The Labute approximate surface area is 149 Å². The predicted molar refractivity (Wildman–Crippen MR) is 100 cm³/mol. The molecule has 3 aromatic rings. The molecule has 3 aromatic carbocycles. The quantitative estimate of drug-likeness (QED) is 0.534. The normalized spacial score (nSPS) is 10.5. The van der Waals surface area contributed by atoms with E-state index in [9.17, 15) is 19.8 Å². The fraction of sp³-hybridized carbons (Fsp3) is 0. The molecule has 0 aliphatic carbocycles. The van der Waals surface area contributed by atoms with Gasteiger partial charge in [0.05, 0.1) is 11.1 Å². The Morgan fingerprint density at radius 3 is 1.85 bits per heavy atom. The van der Waals surface area contributed by atoms with Crippen molar-refractivity contribution in [2.45, 2.75) is 0 Å². The first-order chi connectivity index (χ1) is 12.4. The van der Waals surface area contributed by atoms with Crippen LogP contribution in [-0.4, -0.2) is 22.2 Å². The van der Waals surface area contributed by atoms with Crippen molar-refractivity contribution in [3.63, 3.8) is 0 Å². The largest absolute Gasteiger partial charge is 0.478 e. The van der Waals surface area contributed by atoms with Crippen molar-refractivity contribution >= 4 is 23.3 Å². The Morgan fingerprint density at radius 1 is 0.731 bits per heavy atom. The molecule has 0 fully saturated rings. The number of carboxylic acid groups (broad SMARTS) is 2. The lowest BCUT2D eigenvalue weighted by molar-refractivity contribution is 0.0696. The molecule has 0 aromatic heterocycles. The van der Waals surface area contributed by atoms with E-state index in [-0.39, 0.29) is 16.7 Å². The summed E-state index contributed by atoms with van der Waals surface area (Å²) in [6, 6.07) is 16.1. The minimum atomic E-state index is -1.23. The summed E-state index contributed by atoms with van der Waals surface area (Å²) in [7, 11) is 0. The van der Waals surface area contributed by atoms with Crippen molar-refractivity contribution < 1.29 is 19.8 Å². The van der Waals surface area contributed by atoms with Gasteiger partial charge in [0.15, 0.2) is 0 Å². The number of nitrogens with two attached hydrogens (primary N) is 2. The SMILES string of the molecule is Nc1cccc(-c2ccc(C(=O)O)c(-c3cccc(N)c3)c2C(=O)O)c1. The van der Waals surface area contributed by atoms with Crippen LogP contribution < -0.4 is 11.5 Å². The first-order valence-electron chi connectivity index (χ1n) is 7.74. The van der Waals surface area contributed by atoms with E-state index in [4.69, 9.17) is 11.5 Å². The van der Waals surface area contributed by atoms with Gasteiger partial charge < -0.3 is 21.7 Å². The van der Waals surface area contributed by atoms with Crippen LogP contribution in [0.25, 0.3) is 22.3 Å². The number of nitrogen functional groups attached to an aromatic ring is 2. The fourth-order valence-corrected chi connectivity index (χ4v) is 2.94. The monoisotopic (exact) mass is 348 g/mol. The van der Waals surface area contributed by atoms with Crippen molar-refractivity contribution in [2.24, 2.45) is 0 Å². The van der Waals surface area contributed by atoms with Crippen LogP contribution in [0.4, 0.5) is 11.4 Å². The summed E-state index contributed by atoms with van der Waals surface area (Å²) >= 11 is 0. The molecule has 0 aliphatic heterocycles. The summed E-state index contributed by atoms with van der Waals surface area (Å²) in [4.78, 5) is 23.8. The Balaban J connectivity index is 2.41. The van der Waals surface area contributed by atoms with Crippen molar-refractivity contribution in [2.75, 3.05) is 11.5 Å². The van der Waals surface area contributed by atoms with Crippen molar-refractivity contribution in [1.29, 1.82) is 0 Å². The topological polar surface area (TPSA) is 127 Å². The molecule has 6 heteroatoms. The van der Waals surface area contributed by atoms with E-state index in [1.807, 2.05) is 0 Å². The maximum absolute atomic E-state index is 12.1. The second-order valence-electron chi connectivity index (χ2n) is 5.77. The molecule has 6 nitrogen and oxygen atoms in total. The maximum Gasteiger partial charge on any atom is 0.336 e. The molecular formula is C20H16N2O4. The first-order valence-corrected chi connectivity index (χ1v) is 7.74. The van der Waals surface area contributed by atoms with E-state index in [2.05, 4.69) is 0 Å². The van der Waals surface area contributed by atoms with Crippen LogP contribution >= 0.6 is 0 Å². The molecular weight excluding hydrogens is 332 g/mol. The average Bonchev–Trinajstić information content (AvgIpc) is 2.60. The number of benzene rings is 3. The van der Waals surface area contributed by atoms with Gasteiger partial charge in [-0.25, -0.2) is 9.59 Å². The third kappa shape index (κ3) is 3.08. The molecule has 3 rings (SSSR count). The van der Waals surface area contributed by atoms with Gasteiger partial charge >= 0.3 is 11.9 Å². The van der Waals surface area contributed by atoms with Gasteiger partial charge in [0.25, 0.3) is 0 Å². The molecule has 0 aliphatic rings. The molecule has 130 valence electrons. The van der Waals surface area contributed by atoms with Gasteiger partial charge in [-0.15, -0.1) is 0 Å². The van der Waals surface area contributed by atoms with Crippen molar-refractivity contribution in [1.82, 2.24) is 0 Å². The molecule has 0 bridgehead atoms. The number of anilines is 2. The molecule has 0 heterocycles. The van der Waals surface area contributed by atoms with E-state index in [1.54, 1.807) is 48.5 Å². The first kappa shape index (κ1) is 17.0. The second kappa shape index (κ2) is 6.60. The van der Waals surface area contributed by atoms with E-state index in [0.29, 0.717) is 28.1 Å². The molecule has 0 amide bonds. The zero-order chi connectivity index (χ0) is 18.8. The summed E-state index contributed by atoms with van der Waals surface area (Å²) in [5.41, 5.74) is 13.8. The zero-order valence-corrected chi connectivity index (χ0v) is 13.6. The third-order valence-electron chi connectivity index (χ3n) is 4.02. The lowest BCUT2D eigenvalue weighted by Crippen LogP contribution is -2.09. The Hall–Kier alpha value is -3.80. The van der Waals surface area contributed by atoms with E-state index >= 15 is 0 Å². The van der Waals surface area contributed by atoms with Crippen LogP contribution in [0.5, 0.6) is 0 Å². The van der Waals surface area contributed by atoms with Crippen molar-refractivity contribution in [3.05, 3.63) is 71.8 Å². The number of hydrogen-bond donors (Lipinski definition) is 4. The number of carbonyl (C=O) groups is 2. The van der Waals surface area contributed by atoms with Gasteiger partial charge in [-0.3, -0.25) is 0 Å². The summed E-state index contributed by atoms with van der Waals surface area (Å²) in [5, 5.41) is 19.4. The average molecular weight is 348 g/mol. The minimum Gasteiger partial charge on any atom is -0.478 e. The predicted octanol–water partition coefficient (Wildman–Crippen LogP) is 3.58.